The van der Waals surface area contributed by atoms with Gasteiger partial charge in [0.05, 0.1) is 0 Å². The molecule has 18 heavy (non-hydrogen) atoms. The maximum absolute atomic E-state index is 11.7. The predicted octanol–water partition coefficient (Wildman–Crippen LogP) is 2.47. The molecule has 1 aromatic carbocycles. The van der Waals surface area contributed by atoms with Crippen LogP contribution in [0.1, 0.15) is 31.4 Å². The lowest BCUT2D eigenvalue weighted by Crippen LogP contribution is -2.10. The van der Waals surface area contributed by atoms with Crippen molar-refractivity contribution < 1.29 is 19.4 Å². The largest absolute Gasteiger partial charge is 0.507 e. The minimum Gasteiger partial charge on any atom is -0.507 e. The molecular formula is C14H14O4. The fourth-order valence-corrected chi connectivity index (χ4v) is 1.92. The Hall–Kier alpha value is -2.10. The second-order valence-electron chi connectivity index (χ2n) is 4.13. The van der Waals surface area contributed by atoms with E-state index in [4.69, 9.17) is 4.74 Å². The van der Waals surface area contributed by atoms with Gasteiger partial charge in [0.25, 0.3) is 0 Å². The average Bonchev–Trinajstić information content (AvgIpc) is 2.66. The van der Waals surface area contributed by atoms with Crippen LogP contribution in [0.4, 0.5) is 0 Å². The van der Waals surface area contributed by atoms with Crippen molar-refractivity contribution in [2.24, 2.45) is 0 Å². The van der Waals surface area contributed by atoms with Gasteiger partial charge in [-0.2, -0.15) is 0 Å². The predicted molar refractivity (Wildman–Crippen MR) is 64.8 cm³/mol. The molecule has 0 aromatic heterocycles. The zero-order valence-corrected chi connectivity index (χ0v) is 10.1. The Bertz CT molecular complexity index is 502. The van der Waals surface area contributed by atoms with Gasteiger partial charge in [-0.05, 0) is 6.42 Å². The molecule has 1 aromatic rings. The van der Waals surface area contributed by atoms with Gasteiger partial charge >= 0.3 is 5.97 Å². The Labute approximate surface area is 105 Å². The quantitative estimate of drug-likeness (QED) is 0.654. The summed E-state index contributed by atoms with van der Waals surface area (Å²) in [5.74, 6) is -1.37. The van der Waals surface area contributed by atoms with Crippen LogP contribution in [0, 0.1) is 0 Å². The van der Waals surface area contributed by atoms with Gasteiger partial charge in [0.1, 0.15) is 5.57 Å². The highest BCUT2D eigenvalue weighted by atomic mass is 16.6. The molecule has 0 saturated carbocycles. The van der Waals surface area contributed by atoms with Crippen LogP contribution in [0.2, 0.25) is 0 Å². The Morgan fingerprint density at radius 3 is 2.61 bits per heavy atom. The number of cyclic esters (lactones) is 1. The SMILES string of the molecule is CCCC(=O)C1=C(O)[C@@H](c2ccccc2)OC1=O. The molecule has 1 aliphatic heterocycles. The van der Waals surface area contributed by atoms with Crippen molar-refractivity contribution >= 4 is 11.8 Å². The number of benzene rings is 1. The number of aliphatic hydroxyl groups is 1. The summed E-state index contributed by atoms with van der Waals surface area (Å²) >= 11 is 0. The van der Waals surface area contributed by atoms with E-state index in [9.17, 15) is 14.7 Å². The van der Waals surface area contributed by atoms with E-state index in [0.717, 1.165) is 0 Å². The first kappa shape index (κ1) is 12.4. The van der Waals surface area contributed by atoms with Crippen LogP contribution in [0.15, 0.2) is 41.7 Å². The topological polar surface area (TPSA) is 63.6 Å². The third kappa shape index (κ3) is 2.14. The molecule has 0 radical (unpaired) electrons. The van der Waals surface area contributed by atoms with Gasteiger partial charge in [-0.25, -0.2) is 4.79 Å². The van der Waals surface area contributed by atoms with Crippen molar-refractivity contribution in [3.05, 3.63) is 47.2 Å². The first-order chi connectivity index (χ1) is 8.65. The zero-order valence-electron chi connectivity index (χ0n) is 10.1. The van der Waals surface area contributed by atoms with Crippen LogP contribution in [-0.4, -0.2) is 16.9 Å². The first-order valence-electron chi connectivity index (χ1n) is 5.87. The zero-order chi connectivity index (χ0) is 13.1. The van der Waals surface area contributed by atoms with Gasteiger partial charge in [-0.1, -0.05) is 37.3 Å². The maximum atomic E-state index is 11.7. The first-order valence-corrected chi connectivity index (χ1v) is 5.87. The molecule has 0 aliphatic carbocycles. The van der Waals surface area contributed by atoms with Gasteiger partial charge in [-0.3, -0.25) is 4.79 Å². The third-order valence-corrected chi connectivity index (χ3v) is 2.79. The van der Waals surface area contributed by atoms with Crippen LogP contribution in [-0.2, 0) is 14.3 Å². The van der Waals surface area contributed by atoms with Crippen molar-refractivity contribution in [3.63, 3.8) is 0 Å². The van der Waals surface area contributed by atoms with Crippen molar-refractivity contribution in [1.82, 2.24) is 0 Å². The molecule has 1 atom stereocenters. The van der Waals surface area contributed by atoms with E-state index in [0.29, 0.717) is 12.0 Å². The molecule has 2 rings (SSSR count). The standard InChI is InChI=1S/C14H14O4/c1-2-6-10(15)11-12(16)13(18-14(11)17)9-7-4-3-5-8-9/h3-5,7-8,13,16H,2,6H2,1H3/t13-/m1/s1. The molecule has 0 amide bonds. The molecule has 94 valence electrons. The van der Waals surface area contributed by atoms with E-state index in [-0.39, 0.29) is 23.5 Å². The summed E-state index contributed by atoms with van der Waals surface area (Å²) in [7, 11) is 0. The normalized spacial score (nSPS) is 18.9. The maximum Gasteiger partial charge on any atom is 0.346 e. The van der Waals surface area contributed by atoms with Crippen LogP contribution in [0.3, 0.4) is 0 Å². The Morgan fingerprint density at radius 2 is 2.00 bits per heavy atom. The molecule has 0 bridgehead atoms. The molecule has 0 saturated heterocycles. The highest BCUT2D eigenvalue weighted by Gasteiger charge is 2.38. The van der Waals surface area contributed by atoms with Crippen LogP contribution < -0.4 is 0 Å². The molecule has 1 aliphatic rings. The molecule has 0 fully saturated rings. The van der Waals surface area contributed by atoms with E-state index in [1.807, 2.05) is 13.0 Å². The number of aliphatic hydroxyl groups excluding tert-OH is 1. The fourth-order valence-electron chi connectivity index (χ4n) is 1.92. The van der Waals surface area contributed by atoms with Crippen molar-refractivity contribution in [3.8, 4) is 0 Å². The van der Waals surface area contributed by atoms with E-state index < -0.39 is 12.1 Å². The third-order valence-electron chi connectivity index (χ3n) is 2.79. The van der Waals surface area contributed by atoms with E-state index >= 15 is 0 Å². The second kappa shape index (κ2) is 5.04. The number of Topliss-reactive ketones (excluding diaryl/α,β-unsaturated/α-hetero) is 1. The van der Waals surface area contributed by atoms with Gasteiger partial charge in [0, 0.05) is 12.0 Å². The minimum atomic E-state index is -0.852. The number of ketones is 1. The van der Waals surface area contributed by atoms with Gasteiger partial charge in [0.15, 0.2) is 17.6 Å². The summed E-state index contributed by atoms with van der Waals surface area (Å²) in [6.07, 6.45) is 0.00374. The lowest BCUT2D eigenvalue weighted by atomic mass is 10.0. The Morgan fingerprint density at radius 1 is 1.33 bits per heavy atom. The monoisotopic (exact) mass is 246 g/mol. The number of hydrogen-bond donors (Lipinski definition) is 1. The summed E-state index contributed by atoms with van der Waals surface area (Å²) in [4.78, 5) is 23.3. The van der Waals surface area contributed by atoms with Crippen molar-refractivity contribution in [2.75, 3.05) is 0 Å². The molecule has 1 N–H and O–H groups in total. The molecule has 0 spiro atoms. The number of ether oxygens (including phenoxy) is 1. The lowest BCUT2D eigenvalue weighted by molar-refractivity contribution is -0.141. The lowest BCUT2D eigenvalue weighted by Gasteiger charge is -2.09. The van der Waals surface area contributed by atoms with Gasteiger partial charge < -0.3 is 9.84 Å². The van der Waals surface area contributed by atoms with E-state index in [2.05, 4.69) is 0 Å². The molecule has 1 heterocycles. The van der Waals surface area contributed by atoms with E-state index in [1.165, 1.54) is 0 Å². The number of carbonyl (C=O) groups is 2. The average molecular weight is 246 g/mol. The summed E-state index contributed by atoms with van der Waals surface area (Å²) in [6.45, 7) is 1.84. The number of hydrogen-bond acceptors (Lipinski definition) is 4. The smallest absolute Gasteiger partial charge is 0.346 e. The number of esters is 1. The summed E-state index contributed by atoms with van der Waals surface area (Å²) in [5.41, 5.74) is 0.452. The summed E-state index contributed by atoms with van der Waals surface area (Å²) in [5, 5.41) is 9.98. The van der Waals surface area contributed by atoms with Crippen LogP contribution in [0.5, 0.6) is 0 Å². The highest BCUT2D eigenvalue weighted by Crippen LogP contribution is 2.34. The summed E-state index contributed by atoms with van der Waals surface area (Å²) in [6, 6.07) is 8.86. The number of rotatable bonds is 4. The van der Waals surface area contributed by atoms with Crippen LogP contribution >= 0.6 is 0 Å². The minimum absolute atomic E-state index is 0.203. The fraction of sp³-hybridized carbons (Fsp3) is 0.286. The van der Waals surface area contributed by atoms with Crippen molar-refractivity contribution in [1.29, 1.82) is 0 Å². The van der Waals surface area contributed by atoms with E-state index in [1.54, 1.807) is 24.3 Å². The highest BCUT2D eigenvalue weighted by molar-refractivity contribution is 6.19. The second-order valence-corrected chi connectivity index (χ2v) is 4.13. The van der Waals surface area contributed by atoms with Gasteiger partial charge in [-0.15, -0.1) is 0 Å². The van der Waals surface area contributed by atoms with Gasteiger partial charge in [0.2, 0.25) is 0 Å². The molecule has 0 unspecified atom stereocenters. The molecule has 4 heteroatoms. The Kier molecular flexibility index (Phi) is 3.46. The molecule has 4 nitrogen and oxygen atoms in total. The molecular weight excluding hydrogens is 232 g/mol. The Balaban J connectivity index is 2.33. The summed E-state index contributed by atoms with van der Waals surface area (Å²) < 4.78 is 5.06. The number of carbonyl (C=O) groups excluding carboxylic acids is 2. The van der Waals surface area contributed by atoms with Crippen LogP contribution in [0.25, 0.3) is 0 Å². The van der Waals surface area contributed by atoms with Crippen molar-refractivity contribution in [2.45, 2.75) is 25.9 Å².